The van der Waals surface area contributed by atoms with Crippen molar-refractivity contribution in [3.05, 3.63) is 18.5 Å². The Hall–Kier alpha value is -1.03. The van der Waals surface area contributed by atoms with Gasteiger partial charge in [-0.3, -0.25) is 4.98 Å². The number of H-pyrrole nitrogens is 1. The fraction of sp³-hybridized carbons (Fsp3) is 0.143. The van der Waals surface area contributed by atoms with E-state index in [9.17, 15) is 0 Å². The van der Waals surface area contributed by atoms with E-state index < -0.39 is 0 Å². The fourth-order valence-corrected chi connectivity index (χ4v) is 1.33. The van der Waals surface area contributed by atoms with Crippen molar-refractivity contribution in [2.45, 2.75) is 5.16 Å². The lowest BCUT2D eigenvalue weighted by atomic mass is 10.4. The minimum Gasteiger partial charge on any atom is -0.333 e. The topological polar surface area (TPSA) is 41.6 Å². The summed E-state index contributed by atoms with van der Waals surface area (Å²) >= 11 is 1.60. The third kappa shape index (κ3) is 1.09. The van der Waals surface area contributed by atoms with Gasteiger partial charge in [-0.15, -0.1) is 0 Å². The van der Waals surface area contributed by atoms with E-state index in [2.05, 4.69) is 15.0 Å². The van der Waals surface area contributed by atoms with Crippen LogP contribution in [0.3, 0.4) is 0 Å². The van der Waals surface area contributed by atoms with E-state index >= 15 is 0 Å². The van der Waals surface area contributed by atoms with Crippen LogP contribution in [0.4, 0.5) is 0 Å². The summed E-state index contributed by atoms with van der Waals surface area (Å²) in [5.74, 6) is 0. The molecule has 56 valence electrons. The van der Waals surface area contributed by atoms with Crippen molar-refractivity contribution in [3.8, 4) is 0 Å². The number of aromatic amines is 1. The monoisotopic (exact) mass is 165 g/mol. The van der Waals surface area contributed by atoms with E-state index in [4.69, 9.17) is 0 Å². The van der Waals surface area contributed by atoms with Gasteiger partial charge in [0, 0.05) is 6.20 Å². The second-order valence-electron chi connectivity index (χ2n) is 2.14. The number of fused-ring (bicyclic) bond motifs is 1. The molecule has 3 nitrogen and oxygen atoms in total. The number of nitrogens with one attached hydrogen (secondary N) is 1. The van der Waals surface area contributed by atoms with Crippen molar-refractivity contribution in [1.29, 1.82) is 0 Å². The van der Waals surface area contributed by atoms with Crippen LogP contribution in [0.15, 0.2) is 23.6 Å². The number of nitrogens with zero attached hydrogens (tertiary/aromatic N) is 2. The first-order chi connectivity index (χ1) is 5.40. The summed E-state index contributed by atoms with van der Waals surface area (Å²) in [6, 6.07) is 1.92. The number of hydrogen-bond donors (Lipinski definition) is 1. The smallest absolute Gasteiger partial charge is 0.166 e. The molecule has 2 aromatic heterocycles. The normalized spacial score (nSPS) is 10.6. The average molecular weight is 165 g/mol. The Bertz CT molecular complexity index is 335. The Kier molecular flexibility index (Phi) is 1.54. The quantitative estimate of drug-likeness (QED) is 0.654. The lowest BCUT2D eigenvalue weighted by Crippen LogP contribution is -1.69. The van der Waals surface area contributed by atoms with Crippen molar-refractivity contribution in [3.63, 3.8) is 0 Å². The minimum absolute atomic E-state index is 0.928. The molecule has 2 aromatic rings. The largest absolute Gasteiger partial charge is 0.333 e. The van der Waals surface area contributed by atoms with E-state index in [0.29, 0.717) is 0 Å². The molecular formula is C7H7N3S. The van der Waals surface area contributed by atoms with E-state index in [1.165, 1.54) is 0 Å². The molecule has 0 bridgehead atoms. The van der Waals surface area contributed by atoms with Gasteiger partial charge in [-0.25, -0.2) is 4.98 Å². The Morgan fingerprint density at radius 1 is 1.55 bits per heavy atom. The average Bonchev–Trinajstić information content (AvgIpc) is 2.46. The fourth-order valence-electron chi connectivity index (χ4n) is 0.930. The standard InChI is InChI=1S/C7H7N3S/c1-11-7-9-5-2-3-8-4-6(5)10-7/h2-4H,1H3,(H,9,10). The molecule has 0 amide bonds. The van der Waals surface area contributed by atoms with Gasteiger partial charge in [-0.2, -0.15) is 0 Å². The highest BCUT2D eigenvalue weighted by Gasteiger charge is 1.98. The first-order valence-corrected chi connectivity index (χ1v) is 4.46. The van der Waals surface area contributed by atoms with Crippen molar-refractivity contribution in [1.82, 2.24) is 15.0 Å². The van der Waals surface area contributed by atoms with Crippen LogP contribution in [-0.2, 0) is 0 Å². The zero-order valence-corrected chi connectivity index (χ0v) is 6.85. The number of imidazole rings is 1. The van der Waals surface area contributed by atoms with Gasteiger partial charge in [-0.05, 0) is 12.3 Å². The maximum atomic E-state index is 4.28. The van der Waals surface area contributed by atoms with Gasteiger partial charge in [0.25, 0.3) is 0 Å². The summed E-state index contributed by atoms with van der Waals surface area (Å²) in [6.07, 6.45) is 5.50. The zero-order chi connectivity index (χ0) is 7.68. The van der Waals surface area contributed by atoms with Crippen molar-refractivity contribution in [2.75, 3.05) is 6.26 Å². The molecule has 0 aliphatic heterocycles. The van der Waals surface area contributed by atoms with Gasteiger partial charge in [-0.1, -0.05) is 11.8 Å². The second kappa shape index (κ2) is 2.54. The molecule has 0 atom stereocenters. The summed E-state index contributed by atoms with van der Waals surface area (Å²) < 4.78 is 0. The van der Waals surface area contributed by atoms with Crippen molar-refractivity contribution >= 4 is 22.8 Å². The van der Waals surface area contributed by atoms with E-state index in [0.717, 1.165) is 16.2 Å². The first kappa shape index (κ1) is 6.67. The predicted molar refractivity (Wildman–Crippen MR) is 45.7 cm³/mol. The lowest BCUT2D eigenvalue weighted by Gasteiger charge is -1.81. The predicted octanol–water partition coefficient (Wildman–Crippen LogP) is 1.68. The third-order valence-electron chi connectivity index (χ3n) is 1.46. The maximum Gasteiger partial charge on any atom is 0.166 e. The summed E-state index contributed by atoms with van der Waals surface area (Å²) in [5.41, 5.74) is 1.97. The molecule has 0 radical (unpaired) electrons. The Labute approximate surface area is 68.2 Å². The summed E-state index contributed by atoms with van der Waals surface area (Å²) in [4.78, 5) is 11.4. The number of aromatic nitrogens is 3. The maximum absolute atomic E-state index is 4.28. The molecule has 0 spiro atoms. The molecular weight excluding hydrogens is 158 g/mol. The van der Waals surface area contributed by atoms with Crippen LogP contribution in [-0.4, -0.2) is 21.2 Å². The van der Waals surface area contributed by atoms with E-state index in [-0.39, 0.29) is 0 Å². The van der Waals surface area contributed by atoms with E-state index in [1.807, 2.05) is 12.3 Å². The van der Waals surface area contributed by atoms with Crippen LogP contribution in [0.2, 0.25) is 0 Å². The van der Waals surface area contributed by atoms with Gasteiger partial charge in [0.2, 0.25) is 0 Å². The van der Waals surface area contributed by atoms with Gasteiger partial charge >= 0.3 is 0 Å². The highest BCUT2D eigenvalue weighted by Crippen LogP contribution is 2.15. The van der Waals surface area contributed by atoms with Gasteiger partial charge in [0.05, 0.1) is 11.7 Å². The number of rotatable bonds is 1. The van der Waals surface area contributed by atoms with Gasteiger partial charge < -0.3 is 4.98 Å². The van der Waals surface area contributed by atoms with E-state index in [1.54, 1.807) is 24.2 Å². The summed E-state index contributed by atoms with van der Waals surface area (Å²) in [5, 5.41) is 0.938. The Morgan fingerprint density at radius 2 is 2.45 bits per heavy atom. The van der Waals surface area contributed by atoms with Gasteiger partial charge in [0.15, 0.2) is 5.16 Å². The van der Waals surface area contributed by atoms with Crippen LogP contribution >= 0.6 is 11.8 Å². The Morgan fingerprint density at radius 3 is 3.18 bits per heavy atom. The molecule has 2 heterocycles. The van der Waals surface area contributed by atoms with Gasteiger partial charge in [0.1, 0.15) is 5.52 Å². The molecule has 4 heteroatoms. The Balaban J connectivity index is 2.69. The minimum atomic E-state index is 0.928. The number of hydrogen-bond acceptors (Lipinski definition) is 3. The molecule has 0 fully saturated rings. The summed E-state index contributed by atoms with van der Waals surface area (Å²) in [7, 11) is 0. The number of thioether (sulfide) groups is 1. The van der Waals surface area contributed by atoms with Crippen molar-refractivity contribution in [2.24, 2.45) is 0 Å². The zero-order valence-electron chi connectivity index (χ0n) is 6.03. The van der Waals surface area contributed by atoms with Crippen LogP contribution < -0.4 is 0 Å². The molecule has 0 aliphatic carbocycles. The molecule has 0 aliphatic rings. The van der Waals surface area contributed by atoms with Crippen LogP contribution in [0, 0.1) is 0 Å². The first-order valence-electron chi connectivity index (χ1n) is 3.24. The molecule has 1 N–H and O–H groups in total. The lowest BCUT2D eigenvalue weighted by molar-refractivity contribution is 1.08. The number of pyridine rings is 1. The summed E-state index contributed by atoms with van der Waals surface area (Å²) in [6.45, 7) is 0. The molecule has 0 unspecified atom stereocenters. The molecule has 0 saturated carbocycles. The molecule has 0 aromatic carbocycles. The second-order valence-corrected chi connectivity index (χ2v) is 2.93. The highest BCUT2D eigenvalue weighted by atomic mass is 32.2. The van der Waals surface area contributed by atoms with Crippen LogP contribution in [0.1, 0.15) is 0 Å². The molecule has 11 heavy (non-hydrogen) atoms. The molecule has 0 saturated heterocycles. The van der Waals surface area contributed by atoms with Crippen LogP contribution in [0.5, 0.6) is 0 Å². The third-order valence-corrected chi connectivity index (χ3v) is 2.04. The highest BCUT2D eigenvalue weighted by molar-refractivity contribution is 7.98. The van der Waals surface area contributed by atoms with Crippen LogP contribution in [0.25, 0.3) is 11.0 Å². The SMILES string of the molecule is CSc1nc2cnccc2[nH]1. The van der Waals surface area contributed by atoms with Crippen molar-refractivity contribution < 1.29 is 0 Å². The molecule has 2 rings (SSSR count).